The van der Waals surface area contributed by atoms with Crippen LogP contribution in [0, 0.1) is 0 Å². The van der Waals surface area contributed by atoms with Crippen LogP contribution in [0.1, 0.15) is 5.82 Å². The van der Waals surface area contributed by atoms with Gasteiger partial charge in [0, 0.05) is 23.5 Å². The van der Waals surface area contributed by atoms with Crippen molar-refractivity contribution in [1.82, 2.24) is 9.55 Å². The fourth-order valence-electron chi connectivity index (χ4n) is 1.67. The zero-order valence-electron chi connectivity index (χ0n) is 9.45. The van der Waals surface area contributed by atoms with Gasteiger partial charge in [0.1, 0.15) is 16.7 Å². The molecular weight excluding hydrogens is 302 g/mol. The van der Waals surface area contributed by atoms with E-state index in [2.05, 4.69) is 20.9 Å². The smallest absolute Gasteiger partial charge is 0.136 e. The first-order valence-corrected chi connectivity index (χ1v) is 6.47. The van der Waals surface area contributed by atoms with Gasteiger partial charge in [-0.15, -0.1) is 0 Å². The Morgan fingerprint density at radius 2 is 2.00 bits per heavy atom. The zero-order valence-corrected chi connectivity index (χ0v) is 11.8. The molecule has 2 aromatic rings. The number of hydrogen-bond donors (Lipinski definition) is 1. The van der Waals surface area contributed by atoms with E-state index in [0.29, 0.717) is 11.7 Å². The maximum absolute atomic E-state index is 6.27. The lowest BCUT2D eigenvalue weighted by molar-refractivity contribution is 0.778. The molecule has 0 bridgehead atoms. The molecule has 1 aromatic carbocycles. The molecule has 0 aliphatic heterocycles. The summed E-state index contributed by atoms with van der Waals surface area (Å²) in [5.41, 5.74) is 7.37. The summed E-state index contributed by atoms with van der Waals surface area (Å²) in [6.45, 7) is 0.570. The predicted molar refractivity (Wildman–Crippen MR) is 74.1 cm³/mol. The molecule has 1 aromatic heterocycles. The Morgan fingerprint density at radius 1 is 1.35 bits per heavy atom. The number of aromatic nitrogens is 2. The van der Waals surface area contributed by atoms with Gasteiger partial charge in [0.05, 0.1) is 0 Å². The topological polar surface area (TPSA) is 43.8 Å². The molecule has 2 rings (SSSR count). The average Bonchev–Trinajstić information content (AvgIpc) is 2.59. The van der Waals surface area contributed by atoms with Crippen molar-refractivity contribution >= 4 is 27.5 Å². The number of halogens is 2. The van der Waals surface area contributed by atoms with E-state index >= 15 is 0 Å². The van der Waals surface area contributed by atoms with Gasteiger partial charge in [0.25, 0.3) is 0 Å². The molecule has 3 nitrogen and oxygen atoms in total. The van der Waals surface area contributed by atoms with E-state index in [1.165, 1.54) is 0 Å². The molecule has 5 heteroatoms. The Balaban J connectivity index is 2.45. The van der Waals surface area contributed by atoms with Crippen molar-refractivity contribution in [2.75, 3.05) is 6.54 Å². The summed E-state index contributed by atoms with van der Waals surface area (Å²) in [6, 6.07) is 7.93. The second kappa shape index (κ2) is 5.21. The van der Waals surface area contributed by atoms with Gasteiger partial charge in [0.15, 0.2) is 0 Å². The molecule has 0 aliphatic carbocycles. The van der Waals surface area contributed by atoms with E-state index in [0.717, 1.165) is 28.0 Å². The predicted octanol–water partition coefficient (Wildman–Crippen LogP) is 3.00. The van der Waals surface area contributed by atoms with Crippen LogP contribution >= 0.6 is 27.5 Å². The van der Waals surface area contributed by atoms with Crippen LogP contribution in [-0.4, -0.2) is 16.1 Å². The molecule has 0 atom stereocenters. The Labute approximate surface area is 114 Å². The molecule has 0 radical (unpaired) electrons. The molecule has 0 amide bonds. The summed E-state index contributed by atoms with van der Waals surface area (Å²) < 4.78 is 2.92. The van der Waals surface area contributed by atoms with Gasteiger partial charge in [-0.05, 0) is 18.7 Å². The highest BCUT2D eigenvalue weighted by Crippen LogP contribution is 2.28. The third-order valence-electron chi connectivity index (χ3n) is 2.60. The second-order valence-electron chi connectivity index (χ2n) is 3.77. The minimum atomic E-state index is 0.570. The van der Waals surface area contributed by atoms with Gasteiger partial charge >= 0.3 is 0 Å². The van der Waals surface area contributed by atoms with Crippen molar-refractivity contribution in [2.45, 2.75) is 6.42 Å². The van der Waals surface area contributed by atoms with Crippen LogP contribution in [0.5, 0.6) is 0 Å². The first-order valence-electron chi connectivity index (χ1n) is 5.30. The summed E-state index contributed by atoms with van der Waals surface area (Å²) >= 11 is 9.68. The highest BCUT2D eigenvalue weighted by atomic mass is 79.9. The number of rotatable bonds is 3. The fraction of sp³-hybridized carbons (Fsp3) is 0.250. The Morgan fingerprint density at radius 3 is 2.59 bits per heavy atom. The highest BCUT2D eigenvalue weighted by molar-refractivity contribution is 9.10. The number of benzene rings is 1. The first-order chi connectivity index (χ1) is 8.13. The maximum atomic E-state index is 6.27. The fourth-order valence-corrected chi connectivity index (χ4v) is 2.18. The maximum Gasteiger partial charge on any atom is 0.136 e. The van der Waals surface area contributed by atoms with Crippen molar-refractivity contribution in [2.24, 2.45) is 12.8 Å². The van der Waals surface area contributed by atoms with Crippen molar-refractivity contribution < 1.29 is 0 Å². The molecule has 90 valence electrons. The van der Waals surface area contributed by atoms with Crippen LogP contribution in [0.2, 0.25) is 5.15 Å². The minimum absolute atomic E-state index is 0.570. The molecule has 0 aliphatic rings. The SMILES string of the molecule is Cn1c(CCN)nc(-c2ccc(Br)cc2)c1Cl. The normalized spacial score (nSPS) is 10.8. The lowest BCUT2D eigenvalue weighted by Crippen LogP contribution is -2.07. The molecule has 1 heterocycles. The van der Waals surface area contributed by atoms with E-state index in [-0.39, 0.29) is 0 Å². The van der Waals surface area contributed by atoms with Gasteiger partial charge in [-0.3, -0.25) is 0 Å². The van der Waals surface area contributed by atoms with Gasteiger partial charge < -0.3 is 10.3 Å². The van der Waals surface area contributed by atoms with Gasteiger partial charge in [0.2, 0.25) is 0 Å². The van der Waals surface area contributed by atoms with Crippen LogP contribution in [-0.2, 0) is 13.5 Å². The summed E-state index contributed by atoms with van der Waals surface area (Å²) in [7, 11) is 1.91. The van der Waals surface area contributed by atoms with Gasteiger partial charge in [-0.2, -0.15) is 0 Å². The van der Waals surface area contributed by atoms with Crippen molar-refractivity contribution in [3.05, 3.63) is 39.7 Å². The lowest BCUT2D eigenvalue weighted by Gasteiger charge is -1.99. The van der Waals surface area contributed by atoms with E-state index in [9.17, 15) is 0 Å². The number of hydrogen-bond acceptors (Lipinski definition) is 2. The standard InChI is InChI=1S/C12H13BrClN3/c1-17-10(6-7-15)16-11(12(17)14)8-2-4-9(13)5-3-8/h2-5H,6-7,15H2,1H3. The molecule has 0 fully saturated rings. The van der Waals surface area contributed by atoms with Crippen molar-refractivity contribution in [1.29, 1.82) is 0 Å². The molecule has 0 unspecified atom stereocenters. The third kappa shape index (κ3) is 2.54. The van der Waals surface area contributed by atoms with Gasteiger partial charge in [-0.1, -0.05) is 39.7 Å². The Bertz CT molecular complexity index is 519. The van der Waals surface area contributed by atoms with E-state index in [1.54, 1.807) is 0 Å². The van der Waals surface area contributed by atoms with E-state index < -0.39 is 0 Å². The minimum Gasteiger partial charge on any atom is -0.330 e. The number of nitrogens with two attached hydrogens (primary N) is 1. The number of imidazole rings is 1. The van der Waals surface area contributed by atoms with E-state index in [1.807, 2.05) is 35.9 Å². The molecule has 0 saturated carbocycles. The second-order valence-corrected chi connectivity index (χ2v) is 5.05. The third-order valence-corrected chi connectivity index (χ3v) is 3.56. The van der Waals surface area contributed by atoms with Crippen molar-refractivity contribution in [3.8, 4) is 11.3 Å². The average molecular weight is 315 g/mol. The molecule has 0 saturated heterocycles. The van der Waals surface area contributed by atoms with Crippen LogP contribution in [0.4, 0.5) is 0 Å². The monoisotopic (exact) mass is 313 g/mol. The lowest BCUT2D eigenvalue weighted by atomic mass is 10.2. The largest absolute Gasteiger partial charge is 0.330 e. The van der Waals surface area contributed by atoms with Crippen molar-refractivity contribution in [3.63, 3.8) is 0 Å². The molecular formula is C12H13BrClN3. The van der Waals surface area contributed by atoms with Crippen LogP contribution in [0.15, 0.2) is 28.7 Å². The summed E-state index contributed by atoms with van der Waals surface area (Å²) in [4.78, 5) is 4.53. The summed E-state index contributed by atoms with van der Waals surface area (Å²) in [5.74, 6) is 0.912. The van der Waals surface area contributed by atoms with Crippen LogP contribution in [0.25, 0.3) is 11.3 Å². The van der Waals surface area contributed by atoms with E-state index in [4.69, 9.17) is 17.3 Å². The summed E-state index contributed by atoms with van der Waals surface area (Å²) in [6.07, 6.45) is 0.729. The van der Waals surface area contributed by atoms with Crippen LogP contribution in [0.3, 0.4) is 0 Å². The number of nitrogens with zero attached hydrogens (tertiary/aromatic N) is 2. The molecule has 0 spiro atoms. The van der Waals surface area contributed by atoms with Crippen LogP contribution < -0.4 is 5.73 Å². The Kier molecular flexibility index (Phi) is 3.86. The molecule has 17 heavy (non-hydrogen) atoms. The highest BCUT2D eigenvalue weighted by Gasteiger charge is 2.13. The quantitative estimate of drug-likeness (QED) is 0.946. The zero-order chi connectivity index (χ0) is 12.4. The van der Waals surface area contributed by atoms with Gasteiger partial charge in [-0.25, -0.2) is 4.98 Å². The Hall–Kier alpha value is -0.840. The first kappa shape index (κ1) is 12.6. The molecule has 2 N–H and O–H groups in total. The summed E-state index contributed by atoms with van der Waals surface area (Å²) in [5, 5.41) is 0.649.